The van der Waals surface area contributed by atoms with E-state index in [9.17, 15) is 38.7 Å². The van der Waals surface area contributed by atoms with Crippen LogP contribution in [0.3, 0.4) is 0 Å². The van der Waals surface area contributed by atoms with Crippen molar-refractivity contribution in [1.29, 1.82) is 0 Å². The minimum Gasteiger partial charge on any atom is -0.490 e. The average molecular weight is 1090 g/mol. The number of likely N-dealkylation sites (tertiary alicyclic amines) is 2. The molecule has 2 amide bonds. The molecule has 382 valence electrons. The van der Waals surface area contributed by atoms with Crippen molar-refractivity contribution in [3.05, 3.63) is 81.4 Å². The summed E-state index contributed by atoms with van der Waals surface area (Å²) in [5.74, 6) is -1.09. The molecule has 5 heterocycles. The van der Waals surface area contributed by atoms with Gasteiger partial charge in [0, 0.05) is 38.0 Å². The van der Waals surface area contributed by atoms with E-state index in [2.05, 4.69) is 9.97 Å². The molecule has 20 nitrogen and oxygen atoms in total. The van der Waals surface area contributed by atoms with Crippen LogP contribution in [0.4, 0.5) is 9.59 Å². The third-order valence-electron chi connectivity index (χ3n) is 11.3. The minimum absolute atomic E-state index is 0.0142. The maximum Gasteiger partial charge on any atom is 0.410 e. The van der Waals surface area contributed by atoms with Crippen LogP contribution >= 0.6 is 18.7 Å². The van der Waals surface area contributed by atoms with Gasteiger partial charge in [0.1, 0.15) is 42.2 Å². The van der Waals surface area contributed by atoms with Gasteiger partial charge in [-0.1, -0.05) is 0 Å². The van der Waals surface area contributed by atoms with Crippen LogP contribution in [-0.4, -0.2) is 123 Å². The zero-order valence-corrected chi connectivity index (χ0v) is 43.1. The number of fused-ring (bicyclic) bond motifs is 1. The molecule has 2 saturated carbocycles. The summed E-state index contributed by atoms with van der Waals surface area (Å²) in [6, 6.07) is 9.83. The number of nitrogens with zero attached hydrogens (tertiary/aromatic N) is 4. The molecule has 0 spiro atoms. The second-order valence-electron chi connectivity index (χ2n) is 19.4. The Morgan fingerprint density at radius 2 is 1.20 bits per heavy atom. The monoisotopic (exact) mass is 1090 g/mol. The van der Waals surface area contributed by atoms with Crippen molar-refractivity contribution in [1.82, 2.24) is 19.8 Å². The van der Waals surface area contributed by atoms with E-state index in [1.807, 2.05) is 59.9 Å². The van der Waals surface area contributed by atoms with Crippen molar-refractivity contribution >= 4 is 61.1 Å². The van der Waals surface area contributed by atoms with E-state index in [-0.39, 0.29) is 51.8 Å². The summed E-state index contributed by atoms with van der Waals surface area (Å²) in [6.07, 6.45) is 11.1. The third-order valence-corrected chi connectivity index (χ3v) is 19.4. The number of aldehydes is 1. The van der Waals surface area contributed by atoms with Gasteiger partial charge in [0.2, 0.25) is 0 Å². The van der Waals surface area contributed by atoms with Gasteiger partial charge in [-0.15, -0.1) is 0 Å². The Labute approximate surface area is 409 Å². The number of aliphatic hydroxyl groups is 1. The Hall–Kier alpha value is -6.10. The number of carbonyl (C=O) groups is 7. The summed E-state index contributed by atoms with van der Waals surface area (Å²) >= 11 is -6.03. The molecular formula is C49H63IN4O16. The molecule has 3 aromatic rings. The number of aliphatic hydroxyl groups excluding tert-OH is 1. The molecule has 0 radical (unpaired) electrons. The number of halogens is 1. The van der Waals surface area contributed by atoms with E-state index in [1.54, 1.807) is 34.5 Å². The standard InChI is InChI=1S/C18H26N2O4.C18H24N2O4.C13H13IO8/c2*1-18(2,3)24-17(22)20-5-4-14(20)11-23-15-6-12(8-19-9-15)16-7-13(16)10-21;1-8(15)19-14(20-9(2)16,21-10(3)17)12-7-5-4-6-11(12)13(18)22-14/h6,8-9,13-14,16,21H,4-5,7,10-11H2,1-3H3;6,8-10,13-14,16H,4-5,7,11H2,1-3H3;4-7H,1-3H3/t2*13-,14+,16-;/m11./s1. The quantitative estimate of drug-likeness (QED) is 0.130. The van der Waals surface area contributed by atoms with Crippen LogP contribution in [0.2, 0.25) is 0 Å². The molecule has 2 saturated heterocycles. The minimum atomic E-state index is -6.03. The topological polar surface area (TPSA) is 246 Å². The zero-order valence-electron chi connectivity index (χ0n) is 40.9. The van der Waals surface area contributed by atoms with Gasteiger partial charge >= 0.3 is 140 Å². The molecule has 8 rings (SSSR count). The first-order chi connectivity index (χ1) is 32.9. The van der Waals surface area contributed by atoms with Gasteiger partial charge in [-0.2, -0.15) is 0 Å². The average Bonchev–Trinajstić information content (AvgIpc) is 4.16. The van der Waals surface area contributed by atoms with Crippen LogP contribution in [0.1, 0.15) is 121 Å². The maximum atomic E-state index is 12.1. The van der Waals surface area contributed by atoms with Crippen LogP contribution in [0.25, 0.3) is 0 Å². The van der Waals surface area contributed by atoms with Crippen LogP contribution < -0.4 is 9.47 Å². The number of aromatic nitrogens is 2. The molecule has 2 aromatic heterocycles. The van der Waals surface area contributed by atoms with Crippen LogP contribution in [0.5, 0.6) is 11.5 Å². The number of carbonyl (C=O) groups excluding carboxylic acids is 7. The van der Waals surface area contributed by atoms with Gasteiger partial charge in [-0.25, -0.2) is 9.59 Å². The van der Waals surface area contributed by atoms with E-state index in [1.165, 1.54) is 18.2 Å². The fourth-order valence-corrected chi connectivity index (χ4v) is 15.4. The number of benzene rings is 1. The number of rotatable bonds is 13. The first-order valence-corrected chi connectivity index (χ1v) is 27.6. The molecule has 21 heteroatoms. The Morgan fingerprint density at radius 1 is 0.729 bits per heavy atom. The molecule has 2 aliphatic carbocycles. The smallest absolute Gasteiger partial charge is 0.410 e. The first-order valence-electron chi connectivity index (χ1n) is 23.0. The van der Waals surface area contributed by atoms with Gasteiger partial charge in [0.15, 0.2) is 0 Å². The Morgan fingerprint density at radius 3 is 1.59 bits per heavy atom. The van der Waals surface area contributed by atoms with E-state index < -0.39 is 53.8 Å². The van der Waals surface area contributed by atoms with Crippen molar-refractivity contribution in [2.45, 2.75) is 123 Å². The summed E-state index contributed by atoms with van der Waals surface area (Å²) in [5.41, 5.74) is 1.20. The van der Waals surface area contributed by atoms with Gasteiger partial charge in [0.05, 0.1) is 24.5 Å². The second kappa shape index (κ2) is 21.5. The molecule has 5 aliphatic rings. The van der Waals surface area contributed by atoms with E-state index in [0.717, 1.165) is 63.9 Å². The summed E-state index contributed by atoms with van der Waals surface area (Å²) in [6.45, 7) is 16.7. The van der Waals surface area contributed by atoms with E-state index in [4.69, 9.17) is 31.2 Å². The van der Waals surface area contributed by atoms with Crippen molar-refractivity contribution in [2.24, 2.45) is 11.8 Å². The first kappa shape index (κ1) is 53.3. The van der Waals surface area contributed by atoms with Gasteiger partial charge < -0.3 is 38.6 Å². The van der Waals surface area contributed by atoms with Crippen molar-refractivity contribution < 1.29 is 69.9 Å². The normalized spacial score (nSPS) is 23.6. The summed E-state index contributed by atoms with van der Waals surface area (Å²) in [7, 11) is 0. The number of hydrogen-bond donors (Lipinski definition) is 1. The maximum absolute atomic E-state index is 12.1. The molecular weight excluding hydrogens is 1030 g/mol. The Kier molecular flexibility index (Phi) is 16.3. The molecule has 0 bridgehead atoms. The summed E-state index contributed by atoms with van der Waals surface area (Å²) in [4.78, 5) is 93.5. The Bertz CT molecular complexity index is 2400. The number of pyridine rings is 2. The van der Waals surface area contributed by atoms with Gasteiger partial charge in [-0.05, 0) is 108 Å². The van der Waals surface area contributed by atoms with Gasteiger partial charge in [-0.3, -0.25) is 9.97 Å². The number of amides is 2. The zero-order chi connectivity index (χ0) is 51.2. The molecule has 3 aliphatic heterocycles. The molecule has 4 fully saturated rings. The fraction of sp³-hybridized carbons (Fsp3) is 0.531. The summed E-state index contributed by atoms with van der Waals surface area (Å²) in [5, 5.41) is 9.18. The SMILES string of the molecule is CC(=O)OI1(OC(C)=O)(OC(C)=O)OC(=O)c2ccccc21.CC(C)(C)OC(=O)N1CC[C@H]1COc1cncc([C@H]2C[C@@H]2C=O)c1.CC(C)(C)OC(=O)N1CC[C@H]1COc1cncc([C@H]2C[C@@H]2CO)c1. The predicted molar refractivity (Wildman–Crippen MR) is 257 cm³/mol. The van der Waals surface area contributed by atoms with Gasteiger partial charge in [0.25, 0.3) is 0 Å². The van der Waals surface area contributed by atoms with Crippen molar-refractivity contribution in [2.75, 3.05) is 32.9 Å². The van der Waals surface area contributed by atoms with Crippen LogP contribution in [0.15, 0.2) is 61.2 Å². The molecule has 1 aromatic carbocycles. The van der Waals surface area contributed by atoms with Crippen molar-refractivity contribution in [3.63, 3.8) is 0 Å². The fourth-order valence-electron chi connectivity index (χ4n) is 7.66. The van der Waals surface area contributed by atoms with Crippen molar-refractivity contribution in [3.8, 4) is 11.5 Å². The third kappa shape index (κ3) is 13.4. The largest absolute Gasteiger partial charge is 0.490 e. The molecule has 1 N–H and O–H groups in total. The second-order valence-corrected chi connectivity index (χ2v) is 26.3. The van der Waals surface area contributed by atoms with E-state index in [0.29, 0.717) is 49.6 Å². The predicted octanol–water partition coefficient (Wildman–Crippen LogP) is 7.29. The molecule has 0 unspecified atom stereocenters. The molecule has 70 heavy (non-hydrogen) atoms. The van der Waals surface area contributed by atoms with E-state index >= 15 is 0 Å². The van der Waals surface area contributed by atoms with Crippen LogP contribution in [0, 0.1) is 15.4 Å². The molecule has 6 atom stereocenters. The number of ether oxygens (including phenoxy) is 4. The number of hydrogen-bond acceptors (Lipinski definition) is 18. The van der Waals surface area contributed by atoms with Crippen LogP contribution in [-0.2, 0) is 40.9 Å². The Balaban J connectivity index is 0.000000172. The summed E-state index contributed by atoms with van der Waals surface area (Å²) < 4.78 is 42.9.